The maximum Gasteiger partial charge on any atom is 0.173 e. The number of benzene rings is 3. The highest BCUT2D eigenvalue weighted by atomic mass is 16.5. The van der Waals surface area contributed by atoms with Crippen molar-refractivity contribution in [3.05, 3.63) is 71.8 Å². The first-order valence-electron chi connectivity index (χ1n) is 16.7. The molecule has 3 aromatic rings. The minimum absolute atomic E-state index is 0.165. The van der Waals surface area contributed by atoms with Gasteiger partial charge in [0.25, 0.3) is 0 Å². The Morgan fingerprint density at radius 1 is 0.476 bits per heavy atom. The molecule has 0 heterocycles. The van der Waals surface area contributed by atoms with E-state index in [9.17, 15) is 0 Å². The lowest BCUT2D eigenvalue weighted by Crippen LogP contribution is -2.49. The van der Waals surface area contributed by atoms with E-state index >= 15 is 0 Å². The largest absolute Gasteiger partial charge is 0.453 e. The van der Waals surface area contributed by atoms with Crippen molar-refractivity contribution in [2.75, 3.05) is 11.5 Å². The summed E-state index contributed by atoms with van der Waals surface area (Å²) in [6, 6.07) is 20.9. The summed E-state index contributed by atoms with van der Waals surface area (Å²) in [4.78, 5) is 0. The minimum atomic E-state index is 0.165. The molecule has 0 saturated heterocycles. The number of nitrogens with two attached hydrogens (primary N) is 2. The Hall–Kier alpha value is -3.14. The lowest BCUT2D eigenvalue weighted by Gasteiger charge is -2.58. The third-order valence-corrected chi connectivity index (χ3v) is 12.5. The van der Waals surface area contributed by atoms with Crippen LogP contribution in [0, 0.1) is 35.5 Å². The molecule has 8 fully saturated rings. The van der Waals surface area contributed by atoms with Gasteiger partial charge in [-0.05, 0) is 148 Å². The molecule has 42 heavy (non-hydrogen) atoms. The van der Waals surface area contributed by atoms with Gasteiger partial charge in [0.2, 0.25) is 0 Å². The molecule has 0 atom stereocenters. The summed E-state index contributed by atoms with van der Waals surface area (Å²) < 4.78 is 14.2. The molecular weight excluding hydrogens is 516 g/mol. The van der Waals surface area contributed by atoms with Crippen LogP contribution in [0.5, 0.6) is 23.0 Å². The number of ether oxygens (including phenoxy) is 2. The fourth-order valence-corrected chi connectivity index (χ4v) is 11.9. The Bertz CT molecular complexity index is 1360. The van der Waals surface area contributed by atoms with Crippen molar-refractivity contribution >= 4 is 11.4 Å². The van der Waals surface area contributed by atoms with Gasteiger partial charge in [-0.3, -0.25) is 0 Å². The summed E-state index contributed by atoms with van der Waals surface area (Å²) >= 11 is 0. The van der Waals surface area contributed by atoms with Gasteiger partial charge in [-0.1, -0.05) is 24.3 Å². The van der Waals surface area contributed by atoms with Crippen molar-refractivity contribution in [2.24, 2.45) is 35.5 Å². The van der Waals surface area contributed by atoms with Gasteiger partial charge in [0, 0.05) is 34.6 Å². The van der Waals surface area contributed by atoms with Crippen molar-refractivity contribution < 1.29 is 9.47 Å². The van der Waals surface area contributed by atoms with E-state index in [1.165, 1.54) is 88.2 Å². The molecule has 0 unspecified atom stereocenters. The number of rotatable bonds is 6. The van der Waals surface area contributed by atoms with Crippen LogP contribution in [0.4, 0.5) is 11.4 Å². The monoisotopic (exact) mass is 560 g/mol. The molecule has 0 aliphatic heterocycles. The summed E-state index contributed by atoms with van der Waals surface area (Å²) in [7, 11) is 0. The molecule has 8 saturated carbocycles. The van der Waals surface area contributed by atoms with Crippen LogP contribution < -0.4 is 20.9 Å². The molecule has 11 rings (SSSR count). The van der Waals surface area contributed by atoms with E-state index in [1.807, 2.05) is 48.5 Å². The van der Waals surface area contributed by atoms with Crippen molar-refractivity contribution in [3.8, 4) is 23.0 Å². The lowest BCUT2D eigenvalue weighted by atomic mass is 9.47. The number of hydrogen-bond acceptors (Lipinski definition) is 4. The predicted molar refractivity (Wildman–Crippen MR) is 168 cm³/mol. The first kappa shape index (κ1) is 25.4. The van der Waals surface area contributed by atoms with Crippen LogP contribution in [-0.2, 0) is 10.8 Å². The molecule has 0 amide bonds. The second-order valence-electron chi connectivity index (χ2n) is 15.6. The van der Waals surface area contributed by atoms with E-state index in [0.29, 0.717) is 0 Å². The quantitative estimate of drug-likeness (QED) is 0.295. The van der Waals surface area contributed by atoms with Gasteiger partial charge >= 0.3 is 0 Å². The minimum Gasteiger partial charge on any atom is -0.453 e. The Morgan fingerprint density at radius 2 is 0.810 bits per heavy atom. The summed E-state index contributed by atoms with van der Waals surface area (Å²) in [5.41, 5.74) is 17.1. The highest BCUT2D eigenvalue weighted by molar-refractivity contribution is 5.61. The highest BCUT2D eigenvalue weighted by Crippen LogP contribution is 2.66. The zero-order chi connectivity index (χ0) is 28.1. The molecule has 4 N–H and O–H groups in total. The average Bonchev–Trinajstić information content (AvgIpc) is 2.92. The summed E-state index contributed by atoms with van der Waals surface area (Å²) in [5.74, 6) is 8.54. The van der Waals surface area contributed by atoms with Crippen LogP contribution in [0.15, 0.2) is 60.7 Å². The molecule has 0 spiro atoms. The van der Waals surface area contributed by atoms with E-state index < -0.39 is 0 Å². The second kappa shape index (κ2) is 9.18. The van der Waals surface area contributed by atoms with Crippen molar-refractivity contribution in [2.45, 2.75) is 87.9 Å². The van der Waals surface area contributed by atoms with Crippen LogP contribution in [0.25, 0.3) is 0 Å². The molecule has 3 aromatic carbocycles. The summed E-state index contributed by atoms with van der Waals surface area (Å²) in [6.07, 6.45) is 16.2. The Balaban J connectivity index is 1.26. The predicted octanol–water partition coefficient (Wildman–Crippen LogP) is 9.37. The van der Waals surface area contributed by atoms with Gasteiger partial charge in [0.15, 0.2) is 11.5 Å². The van der Waals surface area contributed by atoms with Crippen LogP contribution in [0.3, 0.4) is 0 Å². The van der Waals surface area contributed by atoms with Gasteiger partial charge in [0.05, 0.1) is 0 Å². The van der Waals surface area contributed by atoms with Gasteiger partial charge in [-0.15, -0.1) is 0 Å². The second-order valence-corrected chi connectivity index (χ2v) is 15.6. The van der Waals surface area contributed by atoms with Crippen LogP contribution in [0.2, 0.25) is 0 Å². The SMILES string of the molecule is Nc1cccc(Oc2c(C34CC5CC(CC(C5)C3)C4)ccc(C34CC5CC(CC(C5)C3)C4)c2Oc2cccc(N)c2)c1. The van der Waals surface area contributed by atoms with Gasteiger partial charge in [-0.2, -0.15) is 0 Å². The molecule has 218 valence electrons. The number of nitrogen functional groups attached to an aromatic ring is 2. The molecule has 8 aliphatic rings. The first-order valence-corrected chi connectivity index (χ1v) is 16.7. The van der Waals surface area contributed by atoms with Gasteiger partial charge < -0.3 is 20.9 Å². The van der Waals surface area contributed by atoms with Crippen molar-refractivity contribution in [1.82, 2.24) is 0 Å². The van der Waals surface area contributed by atoms with Gasteiger partial charge in [-0.25, -0.2) is 0 Å². The van der Waals surface area contributed by atoms with E-state index in [2.05, 4.69) is 12.1 Å². The van der Waals surface area contributed by atoms with Crippen LogP contribution in [-0.4, -0.2) is 0 Å². The van der Waals surface area contributed by atoms with E-state index in [-0.39, 0.29) is 10.8 Å². The third-order valence-electron chi connectivity index (χ3n) is 12.5. The van der Waals surface area contributed by atoms with E-state index in [0.717, 1.165) is 69.9 Å². The molecule has 0 radical (unpaired) electrons. The zero-order valence-electron chi connectivity index (χ0n) is 24.7. The maximum atomic E-state index is 7.08. The summed E-state index contributed by atoms with van der Waals surface area (Å²) in [5, 5.41) is 0. The summed E-state index contributed by atoms with van der Waals surface area (Å²) in [6.45, 7) is 0. The topological polar surface area (TPSA) is 70.5 Å². The molecule has 4 heteroatoms. The fraction of sp³-hybridized carbons (Fsp3) is 0.526. The molecule has 8 aliphatic carbocycles. The standard InChI is InChI=1S/C38H44N2O2/c39-29-3-1-5-31(15-29)41-35-33(37-17-23-9-24(18-37)11-25(10-23)19-37)7-8-34(36(35)42-32-6-2-4-30(40)16-32)38-20-26-12-27(21-38)14-28(13-26)22-38/h1-8,15-16,23-28H,9-14,17-22,39-40H2. The number of hydrogen-bond donors (Lipinski definition) is 2. The van der Waals surface area contributed by atoms with E-state index in [4.69, 9.17) is 20.9 Å². The third kappa shape index (κ3) is 4.07. The fourth-order valence-electron chi connectivity index (χ4n) is 11.9. The highest BCUT2D eigenvalue weighted by Gasteiger charge is 2.55. The van der Waals surface area contributed by atoms with Gasteiger partial charge in [0.1, 0.15) is 11.5 Å². The Morgan fingerprint density at radius 3 is 1.12 bits per heavy atom. The van der Waals surface area contributed by atoms with Crippen LogP contribution in [0.1, 0.15) is 88.2 Å². The number of anilines is 2. The maximum absolute atomic E-state index is 7.08. The molecule has 4 nitrogen and oxygen atoms in total. The smallest absolute Gasteiger partial charge is 0.173 e. The molecule has 8 bridgehead atoms. The first-order chi connectivity index (χ1) is 20.4. The Kier molecular flexibility index (Phi) is 5.54. The van der Waals surface area contributed by atoms with E-state index in [1.54, 1.807) is 0 Å². The lowest BCUT2D eigenvalue weighted by molar-refractivity contribution is -0.00832. The zero-order valence-corrected chi connectivity index (χ0v) is 24.7. The normalized spacial score (nSPS) is 37.2. The van der Waals surface area contributed by atoms with Crippen LogP contribution >= 0.6 is 0 Å². The van der Waals surface area contributed by atoms with Crippen molar-refractivity contribution in [3.63, 3.8) is 0 Å². The molecule has 0 aromatic heterocycles. The average molecular weight is 561 g/mol. The Labute approximate surface area is 250 Å². The molecular formula is C38H44N2O2. The van der Waals surface area contributed by atoms with Crippen molar-refractivity contribution in [1.29, 1.82) is 0 Å².